The Bertz CT molecular complexity index is 258. The van der Waals surface area contributed by atoms with Crippen LogP contribution in [0.4, 0.5) is 0 Å². The number of aliphatic hydroxyl groups is 2. The minimum Gasteiger partial charge on any atom is -0.389 e. The number of hydrogen-bond acceptors (Lipinski definition) is 3. The smallest absolute Gasteiger partial charge is 0.168 e. The summed E-state index contributed by atoms with van der Waals surface area (Å²) in [6.07, 6.45) is 3.64. The fraction of sp³-hybridized carbons (Fsp3) is 1.00. The monoisotopic (exact) mass is 214 g/mol. The van der Waals surface area contributed by atoms with E-state index >= 15 is 0 Å². The Labute approximate surface area is 91.4 Å². The molecule has 0 unspecified atom stereocenters. The molecule has 0 radical (unpaired) electrons. The average Bonchev–Trinajstić information content (AvgIpc) is 1.98. The van der Waals surface area contributed by atoms with Crippen molar-refractivity contribution in [2.45, 2.75) is 70.4 Å². The number of fused-ring (bicyclic) bond motifs is 2. The Hall–Kier alpha value is -0.120. The first-order valence-corrected chi connectivity index (χ1v) is 5.87. The predicted octanol–water partition coefficient (Wildman–Crippen LogP) is 1.82. The highest BCUT2D eigenvalue weighted by Gasteiger charge is 2.54. The number of hydrogen-bond donors (Lipinski definition) is 2. The molecule has 3 atom stereocenters. The Morgan fingerprint density at radius 1 is 1.27 bits per heavy atom. The predicted molar refractivity (Wildman–Crippen MR) is 57.3 cm³/mol. The molecule has 0 saturated carbocycles. The molecule has 2 rings (SSSR count). The van der Waals surface area contributed by atoms with E-state index in [2.05, 4.69) is 0 Å². The van der Waals surface area contributed by atoms with Gasteiger partial charge in [-0.15, -0.1) is 0 Å². The van der Waals surface area contributed by atoms with E-state index in [1.54, 1.807) is 0 Å². The largest absolute Gasteiger partial charge is 0.389 e. The molecule has 2 bridgehead atoms. The van der Waals surface area contributed by atoms with E-state index in [-0.39, 0.29) is 11.5 Å². The maximum absolute atomic E-state index is 10.6. The van der Waals surface area contributed by atoms with Gasteiger partial charge in [0.05, 0.1) is 11.7 Å². The first kappa shape index (κ1) is 11.4. The zero-order chi connectivity index (χ0) is 11.3. The SMILES string of the molecule is CC(C)(C)[C@]1(O)C[C@@H]2CCC[C@](O)(C1)O2. The van der Waals surface area contributed by atoms with Gasteiger partial charge in [0, 0.05) is 19.3 Å². The van der Waals surface area contributed by atoms with Gasteiger partial charge >= 0.3 is 0 Å². The number of rotatable bonds is 0. The van der Waals surface area contributed by atoms with Gasteiger partial charge in [-0.3, -0.25) is 0 Å². The fourth-order valence-corrected chi connectivity index (χ4v) is 2.78. The maximum atomic E-state index is 10.6. The van der Waals surface area contributed by atoms with Crippen molar-refractivity contribution in [1.29, 1.82) is 0 Å². The molecule has 2 aliphatic heterocycles. The summed E-state index contributed by atoms with van der Waals surface area (Å²) in [5.41, 5.74) is -1.01. The standard InChI is InChI=1S/C12H22O3/c1-10(2,3)11(13)7-9-5-4-6-12(14,8-11)15-9/h9,13-14H,4-8H2,1-3H3/t9-,11-,12+/m0/s1. The van der Waals surface area contributed by atoms with Gasteiger partial charge in [0.15, 0.2) is 5.79 Å². The summed E-state index contributed by atoms with van der Waals surface area (Å²) in [5.74, 6) is -1.08. The molecular formula is C12H22O3. The van der Waals surface area contributed by atoms with Crippen molar-refractivity contribution in [1.82, 2.24) is 0 Å². The van der Waals surface area contributed by atoms with Crippen molar-refractivity contribution in [3.63, 3.8) is 0 Å². The van der Waals surface area contributed by atoms with Crippen molar-refractivity contribution in [2.75, 3.05) is 0 Å². The summed E-state index contributed by atoms with van der Waals surface area (Å²) in [4.78, 5) is 0. The lowest BCUT2D eigenvalue weighted by Gasteiger charge is -2.53. The third-order valence-electron chi connectivity index (χ3n) is 4.01. The van der Waals surface area contributed by atoms with Gasteiger partial charge in [0.2, 0.25) is 0 Å². The molecule has 88 valence electrons. The third-order valence-corrected chi connectivity index (χ3v) is 4.01. The molecule has 0 aromatic heterocycles. The van der Waals surface area contributed by atoms with E-state index in [4.69, 9.17) is 4.74 Å². The zero-order valence-corrected chi connectivity index (χ0v) is 9.92. The van der Waals surface area contributed by atoms with Crippen LogP contribution in [0.3, 0.4) is 0 Å². The molecule has 2 aliphatic rings. The van der Waals surface area contributed by atoms with Gasteiger partial charge in [-0.25, -0.2) is 0 Å². The minimum absolute atomic E-state index is 0.0294. The zero-order valence-electron chi connectivity index (χ0n) is 9.92. The Kier molecular flexibility index (Phi) is 2.42. The van der Waals surface area contributed by atoms with Crippen LogP contribution in [0.5, 0.6) is 0 Å². The molecule has 0 aromatic rings. The van der Waals surface area contributed by atoms with Crippen LogP contribution < -0.4 is 0 Å². The molecule has 0 aromatic carbocycles. The molecule has 2 saturated heterocycles. The Balaban J connectivity index is 2.24. The minimum atomic E-state index is -1.08. The lowest BCUT2D eigenvalue weighted by atomic mass is 9.66. The molecule has 2 N–H and O–H groups in total. The van der Waals surface area contributed by atoms with Crippen molar-refractivity contribution >= 4 is 0 Å². The van der Waals surface area contributed by atoms with E-state index in [0.717, 1.165) is 12.8 Å². The van der Waals surface area contributed by atoms with Gasteiger partial charge < -0.3 is 14.9 Å². The highest BCUT2D eigenvalue weighted by molar-refractivity contribution is 5.01. The maximum Gasteiger partial charge on any atom is 0.168 e. The van der Waals surface area contributed by atoms with Crippen molar-refractivity contribution < 1.29 is 14.9 Å². The van der Waals surface area contributed by atoms with E-state index in [9.17, 15) is 10.2 Å². The van der Waals surface area contributed by atoms with Crippen LogP contribution in [0.25, 0.3) is 0 Å². The van der Waals surface area contributed by atoms with Gasteiger partial charge in [0.25, 0.3) is 0 Å². The van der Waals surface area contributed by atoms with Crippen LogP contribution >= 0.6 is 0 Å². The summed E-state index contributed by atoms with van der Waals surface area (Å²) in [6.45, 7) is 6.08. The Morgan fingerprint density at radius 2 is 1.93 bits per heavy atom. The highest BCUT2D eigenvalue weighted by atomic mass is 16.6. The summed E-state index contributed by atoms with van der Waals surface area (Å²) in [6, 6.07) is 0. The lowest BCUT2D eigenvalue weighted by molar-refractivity contribution is -0.324. The van der Waals surface area contributed by atoms with E-state index in [0.29, 0.717) is 19.3 Å². The molecule has 2 fully saturated rings. The molecule has 3 heteroatoms. The lowest BCUT2D eigenvalue weighted by Crippen LogP contribution is -2.59. The molecule has 0 spiro atoms. The van der Waals surface area contributed by atoms with E-state index in [1.165, 1.54) is 0 Å². The second-order valence-electron chi connectivity index (χ2n) is 6.24. The Morgan fingerprint density at radius 3 is 2.47 bits per heavy atom. The van der Waals surface area contributed by atoms with Gasteiger partial charge in [-0.1, -0.05) is 20.8 Å². The number of ether oxygens (including phenoxy) is 1. The molecular weight excluding hydrogens is 192 g/mol. The molecule has 0 aliphatic carbocycles. The van der Waals surface area contributed by atoms with Crippen LogP contribution in [0.1, 0.15) is 52.9 Å². The van der Waals surface area contributed by atoms with Crippen LogP contribution in [0.15, 0.2) is 0 Å². The van der Waals surface area contributed by atoms with Crippen LogP contribution in [-0.2, 0) is 4.74 Å². The van der Waals surface area contributed by atoms with Crippen molar-refractivity contribution in [3.8, 4) is 0 Å². The summed E-state index contributed by atoms with van der Waals surface area (Å²) in [5, 5.41) is 20.9. The summed E-state index contributed by atoms with van der Waals surface area (Å²) in [7, 11) is 0. The van der Waals surface area contributed by atoms with Gasteiger partial charge in [-0.05, 0) is 18.3 Å². The molecule has 2 heterocycles. The van der Waals surface area contributed by atoms with Gasteiger partial charge in [-0.2, -0.15) is 0 Å². The van der Waals surface area contributed by atoms with Gasteiger partial charge in [0.1, 0.15) is 0 Å². The second-order valence-corrected chi connectivity index (χ2v) is 6.24. The van der Waals surface area contributed by atoms with E-state index < -0.39 is 11.4 Å². The fourth-order valence-electron chi connectivity index (χ4n) is 2.78. The molecule has 3 nitrogen and oxygen atoms in total. The molecule has 15 heavy (non-hydrogen) atoms. The topological polar surface area (TPSA) is 49.7 Å². The van der Waals surface area contributed by atoms with Crippen LogP contribution in [-0.4, -0.2) is 27.7 Å². The summed E-state index contributed by atoms with van der Waals surface area (Å²) >= 11 is 0. The first-order valence-electron chi connectivity index (χ1n) is 5.87. The third kappa shape index (κ3) is 1.93. The van der Waals surface area contributed by atoms with Crippen molar-refractivity contribution in [2.24, 2.45) is 5.41 Å². The average molecular weight is 214 g/mol. The van der Waals surface area contributed by atoms with Crippen LogP contribution in [0, 0.1) is 5.41 Å². The first-order chi connectivity index (χ1) is 6.74. The van der Waals surface area contributed by atoms with Crippen LogP contribution in [0.2, 0.25) is 0 Å². The summed E-state index contributed by atoms with van der Waals surface area (Å²) < 4.78 is 5.60. The van der Waals surface area contributed by atoms with Crippen molar-refractivity contribution in [3.05, 3.63) is 0 Å². The quantitative estimate of drug-likeness (QED) is 0.646. The molecule has 0 amide bonds. The normalized spacial score (nSPS) is 46.6. The van der Waals surface area contributed by atoms with E-state index in [1.807, 2.05) is 20.8 Å². The second kappa shape index (κ2) is 3.19. The highest BCUT2D eigenvalue weighted by Crippen LogP contribution is 2.49.